The lowest BCUT2D eigenvalue weighted by atomic mass is 10.2. The molecule has 0 saturated heterocycles. The molecule has 0 aromatic heterocycles. The lowest BCUT2D eigenvalue weighted by molar-refractivity contribution is 0.473. The van der Waals surface area contributed by atoms with Gasteiger partial charge in [0.05, 0.1) is 10.6 Å². The van der Waals surface area contributed by atoms with E-state index in [1.165, 1.54) is 24.3 Å². The van der Waals surface area contributed by atoms with Gasteiger partial charge in [0.2, 0.25) is 0 Å². The number of nitrogens with one attached hydrogen (secondary N) is 1. The second-order valence-corrected chi connectivity index (χ2v) is 6.72. The molecule has 2 aromatic carbocycles. The Bertz CT molecular complexity index is 693. The van der Waals surface area contributed by atoms with Gasteiger partial charge >= 0.3 is 0 Å². The zero-order chi connectivity index (χ0) is 14.0. The third kappa shape index (κ3) is 3.48. The van der Waals surface area contributed by atoms with Gasteiger partial charge in [-0.3, -0.25) is 4.72 Å². The fraction of sp³-hybridized carbons (Fsp3) is 0.0769. The molecule has 0 amide bonds. The molecule has 6 heteroatoms. The quantitative estimate of drug-likeness (QED) is 0.900. The molecule has 0 aliphatic carbocycles. The lowest BCUT2D eigenvalue weighted by Gasteiger charge is -2.09. The summed E-state index contributed by atoms with van der Waals surface area (Å²) >= 11 is 3.31. The van der Waals surface area contributed by atoms with E-state index in [0.29, 0.717) is 5.69 Å². The SMILES string of the molecule is Cc1cc(Br)cc(NS(=O)(=O)c2cccc(O)c2)c1. The maximum Gasteiger partial charge on any atom is 0.262 e. The van der Waals surface area contributed by atoms with E-state index in [2.05, 4.69) is 20.7 Å². The van der Waals surface area contributed by atoms with Crippen molar-refractivity contribution in [1.29, 1.82) is 0 Å². The number of sulfonamides is 1. The third-order valence-electron chi connectivity index (χ3n) is 2.42. The summed E-state index contributed by atoms with van der Waals surface area (Å²) in [6.07, 6.45) is 0. The van der Waals surface area contributed by atoms with Crippen LogP contribution in [0.4, 0.5) is 5.69 Å². The average molecular weight is 342 g/mol. The van der Waals surface area contributed by atoms with Gasteiger partial charge in [0.25, 0.3) is 10.0 Å². The number of aromatic hydroxyl groups is 1. The Balaban J connectivity index is 2.36. The van der Waals surface area contributed by atoms with Gasteiger partial charge in [0.1, 0.15) is 5.75 Å². The molecule has 2 rings (SSSR count). The Labute approximate surface area is 120 Å². The van der Waals surface area contributed by atoms with Crippen LogP contribution >= 0.6 is 15.9 Å². The van der Waals surface area contributed by atoms with Crippen LogP contribution in [0.15, 0.2) is 51.8 Å². The van der Waals surface area contributed by atoms with E-state index >= 15 is 0 Å². The molecule has 0 heterocycles. The van der Waals surface area contributed by atoms with Crippen molar-refractivity contribution in [1.82, 2.24) is 0 Å². The van der Waals surface area contributed by atoms with Gasteiger partial charge < -0.3 is 5.11 Å². The smallest absolute Gasteiger partial charge is 0.262 e. The molecule has 2 aromatic rings. The fourth-order valence-electron chi connectivity index (χ4n) is 1.66. The van der Waals surface area contributed by atoms with Crippen molar-refractivity contribution in [2.75, 3.05) is 4.72 Å². The first-order valence-electron chi connectivity index (χ1n) is 5.46. The highest BCUT2D eigenvalue weighted by atomic mass is 79.9. The largest absolute Gasteiger partial charge is 0.508 e. The second kappa shape index (κ2) is 5.22. The summed E-state index contributed by atoms with van der Waals surface area (Å²) in [5, 5.41) is 9.33. The first kappa shape index (κ1) is 13.9. The molecule has 4 nitrogen and oxygen atoms in total. The van der Waals surface area contributed by atoms with E-state index in [0.717, 1.165) is 10.0 Å². The van der Waals surface area contributed by atoms with Gasteiger partial charge in [-0.05, 0) is 42.8 Å². The molecular weight excluding hydrogens is 330 g/mol. The second-order valence-electron chi connectivity index (χ2n) is 4.12. The van der Waals surface area contributed by atoms with Crippen LogP contribution < -0.4 is 4.72 Å². The van der Waals surface area contributed by atoms with E-state index in [9.17, 15) is 13.5 Å². The predicted octanol–water partition coefficient (Wildman–Crippen LogP) is 3.26. The predicted molar refractivity (Wildman–Crippen MR) is 77.8 cm³/mol. The zero-order valence-electron chi connectivity index (χ0n) is 10.1. The van der Waals surface area contributed by atoms with E-state index in [4.69, 9.17) is 0 Å². The summed E-state index contributed by atoms with van der Waals surface area (Å²) in [5.74, 6) is -0.0895. The van der Waals surface area contributed by atoms with Gasteiger partial charge in [-0.25, -0.2) is 8.42 Å². The number of halogens is 1. The number of phenols is 1. The van der Waals surface area contributed by atoms with Gasteiger partial charge in [0, 0.05) is 10.5 Å². The number of hydrogen-bond acceptors (Lipinski definition) is 3. The topological polar surface area (TPSA) is 66.4 Å². The van der Waals surface area contributed by atoms with Crippen molar-refractivity contribution < 1.29 is 13.5 Å². The minimum atomic E-state index is -3.70. The van der Waals surface area contributed by atoms with Crippen molar-refractivity contribution in [3.63, 3.8) is 0 Å². The number of aryl methyl sites for hydroxylation is 1. The first-order valence-corrected chi connectivity index (χ1v) is 7.73. The molecule has 0 saturated carbocycles. The number of hydrogen-bond donors (Lipinski definition) is 2. The Morgan fingerprint density at radius 3 is 2.53 bits per heavy atom. The molecule has 2 N–H and O–H groups in total. The van der Waals surface area contributed by atoms with Crippen LogP contribution in [0.2, 0.25) is 0 Å². The molecule has 0 aliphatic rings. The monoisotopic (exact) mass is 341 g/mol. The number of rotatable bonds is 3. The Kier molecular flexibility index (Phi) is 3.82. The van der Waals surface area contributed by atoms with E-state index < -0.39 is 10.0 Å². The Hall–Kier alpha value is -1.53. The van der Waals surface area contributed by atoms with E-state index in [1.54, 1.807) is 12.1 Å². The fourth-order valence-corrected chi connectivity index (χ4v) is 3.35. The van der Waals surface area contributed by atoms with E-state index in [1.807, 2.05) is 13.0 Å². The molecule has 19 heavy (non-hydrogen) atoms. The summed E-state index contributed by atoms with van der Waals surface area (Å²) in [6, 6.07) is 10.8. The molecule has 0 radical (unpaired) electrons. The summed E-state index contributed by atoms with van der Waals surface area (Å²) < 4.78 is 27.5. The third-order valence-corrected chi connectivity index (χ3v) is 4.26. The molecule has 0 fully saturated rings. The zero-order valence-corrected chi connectivity index (χ0v) is 12.5. The molecule has 0 atom stereocenters. The molecule has 0 aliphatic heterocycles. The average Bonchev–Trinajstić information content (AvgIpc) is 2.26. The van der Waals surface area contributed by atoms with Gasteiger partial charge in [-0.1, -0.05) is 22.0 Å². The number of benzene rings is 2. The molecular formula is C13H12BrNO3S. The first-order chi connectivity index (χ1) is 8.87. The van der Waals surface area contributed by atoms with Gasteiger partial charge in [0.15, 0.2) is 0 Å². The Morgan fingerprint density at radius 2 is 1.89 bits per heavy atom. The molecule has 0 spiro atoms. The number of phenolic OH excluding ortho intramolecular Hbond substituents is 1. The van der Waals surface area contributed by atoms with Crippen LogP contribution in [0.1, 0.15) is 5.56 Å². The van der Waals surface area contributed by atoms with Crippen LogP contribution in [-0.2, 0) is 10.0 Å². The van der Waals surface area contributed by atoms with Gasteiger partial charge in [-0.15, -0.1) is 0 Å². The summed E-state index contributed by atoms with van der Waals surface area (Å²) in [7, 11) is -3.70. The van der Waals surface area contributed by atoms with Crippen LogP contribution in [0.3, 0.4) is 0 Å². The Morgan fingerprint density at radius 1 is 1.16 bits per heavy atom. The van der Waals surface area contributed by atoms with Crippen LogP contribution in [0, 0.1) is 6.92 Å². The van der Waals surface area contributed by atoms with E-state index in [-0.39, 0.29) is 10.6 Å². The summed E-state index contributed by atoms with van der Waals surface area (Å²) in [6.45, 7) is 1.87. The maximum atomic E-state index is 12.1. The lowest BCUT2D eigenvalue weighted by Crippen LogP contribution is -2.12. The number of anilines is 1. The highest BCUT2D eigenvalue weighted by Gasteiger charge is 2.14. The van der Waals surface area contributed by atoms with Crippen molar-refractivity contribution in [3.05, 3.63) is 52.5 Å². The maximum absolute atomic E-state index is 12.1. The van der Waals surface area contributed by atoms with Crippen molar-refractivity contribution in [3.8, 4) is 5.75 Å². The highest BCUT2D eigenvalue weighted by Crippen LogP contribution is 2.23. The van der Waals surface area contributed by atoms with Crippen molar-refractivity contribution in [2.24, 2.45) is 0 Å². The van der Waals surface area contributed by atoms with Gasteiger partial charge in [-0.2, -0.15) is 0 Å². The summed E-state index contributed by atoms with van der Waals surface area (Å²) in [4.78, 5) is 0.0186. The molecule has 100 valence electrons. The summed E-state index contributed by atoms with van der Waals surface area (Å²) in [5.41, 5.74) is 1.40. The highest BCUT2D eigenvalue weighted by molar-refractivity contribution is 9.10. The minimum absolute atomic E-state index is 0.0186. The minimum Gasteiger partial charge on any atom is -0.508 e. The molecule has 0 bridgehead atoms. The van der Waals surface area contributed by atoms with Crippen LogP contribution in [-0.4, -0.2) is 13.5 Å². The molecule has 0 unspecified atom stereocenters. The standard InChI is InChI=1S/C13H12BrNO3S/c1-9-5-10(14)7-11(6-9)15-19(17,18)13-4-2-3-12(16)8-13/h2-8,15-16H,1H3. The van der Waals surface area contributed by atoms with Crippen LogP contribution in [0.5, 0.6) is 5.75 Å². The normalized spacial score (nSPS) is 11.3. The van der Waals surface area contributed by atoms with Crippen molar-refractivity contribution >= 4 is 31.6 Å². The van der Waals surface area contributed by atoms with Crippen LogP contribution in [0.25, 0.3) is 0 Å². The van der Waals surface area contributed by atoms with Crippen molar-refractivity contribution in [2.45, 2.75) is 11.8 Å².